The first-order valence-corrected chi connectivity index (χ1v) is 7.65. The van der Waals surface area contributed by atoms with E-state index in [1.165, 1.54) is 0 Å². The quantitative estimate of drug-likeness (QED) is 0.874. The molecule has 2 aromatic heterocycles. The second-order valence-corrected chi connectivity index (χ2v) is 5.68. The Balaban J connectivity index is 1.86. The Morgan fingerprint density at radius 3 is 2.83 bits per heavy atom. The summed E-state index contributed by atoms with van der Waals surface area (Å²) in [4.78, 5) is 26.2. The Bertz CT molecular complexity index is 733. The molecule has 0 saturated carbocycles. The molecule has 8 heteroatoms. The summed E-state index contributed by atoms with van der Waals surface area (Å²) in [6.45, 7) is 2.91. The van der Waals surface area contributed by atoms with Crippen molar-refractivity contribution in [1.29, 1.82) is 0 Å². The summed E-state index contributed by atoms with van der Waals surface area (Å²) in [5.41, 5.74) is 7.39. The molecule has 0 aromatic carbocycles. The third-order valence-corrected chi connectivity index (χ3v) is 4.30. The van der Waals surface area contributed by atoms with Gasteiger partial charge >= 0.3 is 0 Å². The second kappa shape index (κ2) is 5.86. The van der Waals surface area contributed by atoms with Crippen LogP contribution in [0.15, 0.2) is 18.5 Å². The lowest BCUT2D eigenvalue weighted by atomic mass is 10.0. The SMILES string of the molecule is CC[C@@H](C(=O)N1CCc2c(c(C(N)=O)nn2C)C1)n1cccn1. The van der Waals surface area contributed by atoms with Crippen molar-refractivity contribution in [1.82, 2.24) is 24.5 Å². The van der Waals surface area contributed by atoms with Crippen molar-refractivity contribution < 1.29 is 9.59 Å². The first-order chi connectivity index (χ1) is 11.0. The van der Waals surface area contributed by atoms with Crippen LogP contribution in [-0.4, -0.2) is 42.8 Å². The number of carbonyl (C=O) groups excluding carboxylic acids is 2. The number of fused-ring (bicyclic) bond motifs is 1. The average Bonchev–Trinajstić information content (AvgIpc) is 3.16. The molecule has 0 radical (unpaired) electrons. The summed E-state index contributed by atoms with van der Waals surface area (Å²) < 4.78 is 3.36. The highest BCUT2D eigenvalue weighted by molar-refractivity contribution is 5.93. The second-order valence-electron chi connectivity index (χ2n) is 5.68. The molecule has 1 aliphatic heterocycles. The molecular weight excluding hydrogens is 296 g/mol. The van der Waals surface area contributed by atoms with Gasteiger partial charge in [0.25, 0.3) is 5.91 Å². The van der Waals surface area contributed by atoms with Gasteiger partial charge in [0.1, 0.15) is 6.04 Å². The van der Waals surface area contributed by atoms with Crippen LogP contribution in [0.4, 0.5) is 0 Å². The minimum Gasteiger partial charge on any atom is -0.364 e. The molecule has 0 fully saturated rings. The lowest BCUT2D eigenvalue weighted by molar-refractivity contribution is -0.136. The standard InChI is InChI=1S/C15H20N6O2/c1-3-11(21-7-4-6-17-21)15(23)20-8-5-12-10(9-20)13(14(16)22)18-19(12)2/h4,6-7,11H,3,5,8-9H2,1-2H3,(H2,16,22)/t11-/m0/s1. The smallest absolute Gasteiger partial charge is 0.269 e. The van der Waals surface area contributed by atoms with Crippen molar-refractivity contribution >= 4 is 11.8 Å². The number of hydrogen-bond acceptors (Lipinski definition) is 4. The largest absolute Gasteiger partial charge is 0.364 e. The Kier molecular flexibility index (Phi) is 3.89. The van der Waals surface area contributed by atoms with Crippen LogP contribution in [0.1, 0.15) is 41.1 Å². The highest BCUT2D eigenvalue weighted by Crippen LogP contribution is 2.24. The number of aromatic nitrogens is 4. The molecule has 0 aliphatic carbocycles. The summed E-state index contributed by atoms with van der Waals surface area (Å²) in [5, 5.41) is 8.36. The maximum Gasteiger partial charge on any atom is 0.269 e. The molecule has 2 N–H and O–H groups in total. The summed E-state index contributed by atoms with van der Waals surface area (Å²) in [5.74, 6) is -0.559. The van der Waals surface area contributed by atoms with Gasteiger partial charge in [-0.25, -0.2) is 0 Å². The van der Waals surface area contributed by atoms with E-state index in [0.717, 1.165) is 11.3 Å². The van der Waals surface area contributed by atoms with Crippen molar-refractivity contribution in [2.45, 2.75) is 32.4 Å². The number of rotatable bonds is 4. The zero-order valence-electron chi connectivity index (χ0n) is 13.3. The molecular formula is C15H20N6O2. The summed E-state index contributed by atoms with van der Waals surface area (Å²) in [6.07, 6.45) is 4.77. The van der Waals surface area contributed by atoms with E-state index in [1.807, 2.05) is 6.92 Å². The Morgan fingerprint density at radius 2 is 2.22 bits per heavy atom. The highest BCUT2D eigenvalue weighted by Gasteiger charge is 2.31. The number of nitrogens with zero attached hydrogens (tertiary/aromatic N) is 5. The zero-order valence-corrected chi connectivity index (χ0v) is 13.3. The van der Waals surface area contributed by atoms with Crippen LogP contribution >= 0.6 is 0 Å². The molecule has 1 aliphatic rings. The van der Waals surface area contributed by atoms with E-state index in [0.29, 0.717) is 25.9 Å². The van der Waals surface area contributed by atoms with Crippen molar-refractivity contribution in [3.63, 3.8) is 0 Å². The van der Waals surface area contributed by atoms with Crippen LogP contribution in [-0.2, 0) is 24.8 Å². The predicted octanol–water partition coefficient (Wildman–Crippen LogP) is 0.252. The number of carbonyl (C=O) groups is 2. The third kappa shape index (κ3) is 2.60. The van der Waals surface area contributed by atoms with Gasteiger partial charge < -0.3 is 10.6 Å². The Hall–Kier alpha value is -2.64. The molecule has 2 aromatic rings. The van der Waals surface area contributed by atoms with Crippen LogP contribution in [0.2, 0.25) is 0 Å². The van der Waals surface area contributed by atoms with Gasteiger partial charge in [0, 0.05) is 50.2 Å². The van der Waals surface area contributed by atoms with Gasteiger partial charge in [-0.1, -0.05) is 6.92 Å². The van der Waals surface area contributed by atoms with Crippen molar-refractivity contribution in [2.24, 2.45) is 12.8 Å². The number of aryl methyl sites for hydroxylation is 1. The maximum absolute atomic E-state index is 12.8. The van der Waals surface area contributed by atoms with Crippen LogP contribution in [0.5, 0.6) is 0 Å². The Morgan fingerprint density at radius 1 is 1.43 bits per heavy atom. The van der Waals surface area contributed by atoms with Crippen LogP contribution in [0.25, 0.3) is 0 Å². The van der Waals surface area contributed by atoms with Crippen molar-refractivity contribution in [3.05, 3.63) is 35.4 Å². The zero-order chi connectivity index (χ0) is 16.6. The fraction of sp³-hybridized carbons (Fsp3) is 0.467. The lowest BCUT2D eigenvalue weighted by Gasteiger charge is -2.30. The first-order valence-electron chi connectivity index (χ1n) is 7.65. The summed E-state index contributed by atoms with van der Waals surface area (Å²) in [6, 6.07) is 1.47. The van der Waals surface area contributed by atoms with Crippen molar-refractivity contribution in [2.75, 3.05) is 6.54 Å². The topological polar surface area (TPSA) is 99.0 Å². The predicted molar refractivity (Wildman–Crippen MR) is 82.4 cm³/mol. The molecule has 8 nitrogen and oxygen atoms in total. The van der Waals surface area contributed by atoms with Gasteiger partial charge in [0.05, 0.1) is 0 Å². The van der Waals surface area contributed by atoms with E-state index < -0.39 is 5.91 Å². The van der Waals surface area contributed by atoms with E-state index in [1.54, 1.807) is 39.8 Å². The summed E-state index contributed by atoms with van der Waals surface area (Å²) >= 11 is 0. The van der Waals surface area contributed by atoms with E-state index in [2.05, 4.69) is 10.2 Å². The van der Waals surface area contributed by atoms with Crippen LogP contribution < -0.4 is 5.73 Å². The molecule has 0 unspecified atom stereocenters. The molecule has 1 atom stereocenters. The van der Waals surface area contributed by atoms with Gasteiger partial charge in [-0.05, 0) is 12.5 Å². The number of primary amides is 1. The van der Waals surface area contributed by atoms with Crippen molar-refractivity contribution in [3.8, 4) is 0 Å². The van der Waals surface area contributed by atoms with Gasteiger partial charge in [-0.15, -0.1) is 0 Å². The number of amides is 2. The number of nitrogens with two attached hydrogens (primary N) is 1. The highest BCUT2D eigenvalue weighted by atomic mass is 16.2. The van der Waals surface area contributed by atoms with E-state index in [4.69, 9.17) is 5.73 Å². The molecule has 0 saturated heterocycles. The van der Waals surface area contributed by atoms with Gasteiger partial charge in [0.2, 0.25) is 5.91 Å². The molecule has 3 heterocycles. The average molecular weight is 316 g/mol. The molecule has 122 valence electrons. The van der Waals surface area contributed by atoms with Crippen LogP contribution in [0.3, 0.4) is 0 Å². The van der Waals surface area contributed by atoms with Gasteiger partial charge in [-0.2, -0.15) is 10.2 Å². The third-order valence-electron chi connectivity index (χ3n) is 4.30. The van der Waals surface area contributed by atoms with E-state index >= 15 is 0 Å². The fourth-order valence-corrected chi connectivity index (χ4v) is 3.13. The monoisotopic (exact) mass is 316 g/mol. The van der Waals surface area contributed by atoms with Crippen LogP contribution in [0, 0.1) is 0 Å². The number of hydrogen-bond donors (Lipinski definition) is 1. The van der Waals surface area contributed by atoms with E-state index in [-0.39, 0.29) is 17.6 Å². The minimum atomic E-state index is -0.560. The molecule has 2 amide bonds. The molecule has 3 rings (SSSR count). The Labute approximate surface area is 133 Å². The normalized spacial score (nSPS) is 15.3. The first kappa shape index (κ1) is 15.3. The van der Waals surface area contributed by atoms with Gasteiger partial charge in [-0.3, -0.25) is 19.0 Å². The van der Waals surface area contributed by atoms with E-state index in [9.17, 15) is 9.59 Å². The maximum atomic E-state index is 12.8. The molecule has 0 spiro atoms. The summed E-state index contributed by atoms with van der Waals surface area (Å²) in [7, 11) is 1.79. The van der Waals surface area contributed by atoms with Gasteiger partial charge in [0.15, 0.2) is 5.69 Å². The molecule has 23 heavy (non-hydrogen) atoms. The lowest BCUT2D eigenvalue weighted by Crippen LogP contribution is -2.41. The molecule has 0 bridgehead atoms. The minimum absolute atomic E-state index is 0.00104. The fourth-order valence-electron chi connectivity index (χ4n) is 3.13.